The van der Waals surface area contributed by atoms with Crippen LogP contribution in [0.1, 0.15) is 48.8 Å². The Hall–Kier alpha value is -3.89. The number of rotatable bonds is 9. The van der Waals surface area contributed by atoms with Crippen LogP contribution in [0.2, 0.25) is 0 Å². The number of phenolic OH excluding ortho intramolecular Hbond substituents is 1. The molecule has 38 heavy (non-hydrogen) atoms. The molecule has 5 N–H and O–H groups in total. The second kappa shape index (κ2) is 10.8. The second-order valence-electron chi connectivity index (χ2n) is 9.90. The van der Waals surface area contributed by atoms with Crippen molar-refractivity contribution in [2.24, 2.45) is 28.5 Å². The number of para-hydroxylation sites is 1. The summed E-state index contributed by atoms with van der Waals surface area (Å²) in [5, 5.41) is 15.4. The minimum Gasteiger partial charge on any atom is -0.506 e. The number of anilines is 1. The van der Waals surface area contributed by atoms with Crippen molar-refractivity contribution in [1.82, 2.24) is 5.32 Å². The van der Waals surface area contributed by atoms with Crippen LogP contribution in [0, 0.1) is 24.7 Å². The summed E-state index contributed by atoms with van der Waals surface area (Å²) in [7, 11) is 0. The molecular formula is C27H29F3N4O4. The molecule has 2 aliphatic rings. The average molecular weight is 531 g/mol. The van der Waals surface area contributed by atoms with Gasteiger partial charge in [0.15, 0.2) is 0 Å². The fourth-order valence-corrected chi connectivity index (χ4v) is 4.71. The first-order valence-electron chi connectivity index (χ1n) is 12.4. The number of carbonyl (C=O) groups is 3. The minimum absolute atomic E-state index is 0.0897. The number of benzene rings is 2. The van der Waals surface area contributed by atoms with Crippen molar-refractivity contribution in [1.29, 1.82) is 0 Å². The smallest absolute Gasteiger partial charge is 0.389 e. The van der Waals surface area contributed by atoms with Crippen LogP contribution in [0.3, 0.4) is 0 Å². The van der Waals surface area contributed by atoms with Crippen LogP contribution >= 0.6 is 0 Å². The first-order valence-corrected chi connectivity index (χ1v) is 12.4. The van der Waals surface area contributed by atoms with Gasteiger partial charge in [0.05, 0.1) is 11.4 Å². The Morgan fingerprint density at radius 1 is 1.18 bits per heavy atom. The van der Waals surface area contributed by atoms with Crippen molar-refractivity contribution in [2.45, 2.75) is 51.4 Å². The molecule has 1 aliphatic carbocycles. The van der Waals surface area contributed by atoms with Crippen molar-refractivity contribution in [2.75, 3.05) is 5.32 Å². The Labute approximate surface area is 217 Å². The van der Waals surface area contributed by atoms with E-state index in [-0.39, 0.29) is 23.8 Å². The molecule has 0 saturated heterocycles. The van der Waals surface area contributed by atoms with Crippen LogP contribution in [0.4, 0.5) is 18.9 Å². The van der Waals surface area contributed by atoms with Gasteiger partial charge in [0.2, 0.25) is 18.0 Å². The van der Waals surface area contributed by atoms with Crippen LogP contribution in [0.5, 0.6) is 5.75 Å². The highest BCUT2D eigenvalue weighted by atomic mass is 19.4. The average Bonchev–Trinajstić information content (AvgIpc) is 3.66. The summed E-state index contributed by atoms with van der Waals surface area (Å²) >= 11 is 0. The van der Waals surface area contributed by atoms with E-state index in [1.165, 1.54) is 6.07 Å². The van der Waals surface area contributed by atoms with Crippen molar-refractivity contribution in [3.05, 3.63) is 59.2 Å². The monoisotopic (exact) mass is 530 g/mol. The van der Waals surface area contributed by atoms with E-state index in [0.29, 0.717) is 16.8 Å². The maximum atomic E-state index is 13.4. The molecule has 8 nitrogen and oxygen atoms in total. The number of carbonyl (C=O) groups excluding carboxylic acids is 3. The molecule has 4 rings (SSSR count). The zero-order valence-electron chi connectivity index (χ0n) is 20.7. The largest absolute Gasteiger partial charge is 0.506 e. The van der Waals surface area contributed by atoms with E-state index in [2.05, 4.69) is 15.6 Å². The summed E-state index contributed by atoms with van der Waals surface area (Å²) < 4.78 is 39.3. The molecular weight excluding hydrogens is 501 g/mol. The zero-order valence-corrected chi connectivity index (χ0v) is 20.7. The van der Waals surface area contributed by atoms with E-state index in [1.807, 2.05) is 19.1 Å². The van der Waals surface area contributed by atoms with Gasteiger partial charge in [-0.05, 0) is 37.8 Å². The SMILES string of the molecule is Cc1cccc(C2=NC(NC(=O)C(CCC(F)(F)F)C(CC3CC3)C(N)=O)C(=O)Nc3c(O)cccc32)c1. The summed E-state index contributed by atoms with van der Waals surface area (Å²) in [6.45, 7) is 1.86. The molecule has 0 spiro atoms. The topological polar surface area (TPSA) is 134 Å². The summed E-state index contributed by atoms with van der Waals surface area (Å²) in [6, 6.07) is 11.8. The molecule has 202 valence electrons. The standard InChI is InChI=1S/C27H29F3N4O4/c1-14-4-2-5-16(12-14)21-18-6-3-7-20(35)22(18)33-26(38)24(32-21)34-25(37)17(10-11-27(28,29)30)19(23(31)36)13-15-8-9-15/h2-7,12,15,17,19,24,35H,8-11,13H2,1H3,(H2,31,36)(H,33,38)(H,34,37). The first-order chi connectivity index (χ1) is 17.9. The fraction of sp³-hybridized carbons (Fsp3) is 0.407. The molecule has 2 aromatic rings. The summed E-state index contributed by atoms with van der Waals surface area (Å²) in [5.74, 6) is -5.16. The molecule has 2 aromatic carbocycles. The lowest BCUT2D eigenvalue weighted by atomic mass is 9.83. The van der Waals surface area contributed by atoms with Gasteiger partial charge in [-0.1, -0.05) is 48.7 Å². The number of fused-ring (bicyclic) bond motifs is 1. The van der Waals surface area contributed by atoms with Gasteiger partial charge in [0.25, 0.3) is 5.91 Å². The third kappa shape index (κ3) is 6.51. The van der Waals surface area contributed by atoms with E-state index < -0.39 is 54.7 Å². The van der Waals surface area contributed by atoms with Gasteiger partial charge in [0.1, 0.15) is 5.75 Å². The molecule has 0 radical (unpaired) electrons. The van der Waals surface area contributed by atoms with Crippen LogP contribution in [-0.4, -0.2) is 40.9 Å². The van der Waals surface area contributed by atoms with Crippen molar-refractivity contribution in [3.63, 3.8) is 0 Å². The van der Waals surface area contributed by atoms with Crippen LogP contribution in [0.15, 0.2) is 47.5 Å². The Bertz CT molecular complexity index is 1270. The maximum absolute atomic E-state index is 13.4. The number of benzodiazepines with no additional fused rings is 1. The number of aryl methyl sites for hydroxylation is 1. The molecule has 0 aromatic heterocycles. The number of hydrogen-bond donors (Lipinski definition) is 4. The van der Waals surface area contributed by atoms with Crippen LogP contribution in [0.25, 0.3) is 0 Å². The molecule has 3 atom stereocenters. The Morgan fingerprint density at radius 2 is 1.89 bits per heavy atom. The lowest BCUT2D eigenvalue weighted by Gasteiger charge is -2.26. The van der Waals surface area contributed by atoms with Gasteiger partial charge >= 0.3 is 6.18 Å². The summed E-state index contributed by atoms with van der Waals surface area (Å²) in [4.78, 5) is 43.2. The van der Waals surface area contributed by atoms with Gasteiger partial charge < -0.3 is 21.5 Å². The van der Waals surface area contributed by atoms with Gasteiger partial charge in [-0.25, -0.2) is 4.99 Å². The lowest BCUT2D eigenvalue weighted by Crippen LogP contribution is -2.48. The predicted molar refractivity (Wildman–Crippen MR) is 134 cm³/mol. The normalized spacial score (nSPS) is 18.9. The van der Waals surface area contributed by atoms with Crippen LogP contribution in [-0.2, 0) is 14.4 Å². The van der Waals surface area contributed by atoms with Gasteiger partial charge in [-0.3, -0.25) is 14.4 Å². The quantitative estimate of drug-likeness (QED) is 0.367. The number of halogens is 3. The van der Waals surface area contributed by atoms with E-state index in [1.54, 1.807) is 24.3 Å². The highest BCUT2D eigenvalue weighted by Gasteiger charge is 2.41. The van der Waals surface area contributed by atoms with E-state index in [9.17, 15) is 32.7 Å². The third-order valence-electron chi connectivity index (χ3n) is 6.83. The third-order valence-corrected chi connectivity index (χ3v) is 6.83. The highest BCUT2D eigenvalue weighted by molar-refractivity contribution is 6.20. The number of hydrogen-bond acceptors (Lipinski definition) is 5. The van der Waals surface area contributed by atoms with Crippen molar-refractivity contribution < 1.29 is 32.7 Å². The fourth-order valence-electron chi connectivity index (χ4n) is 4.71. The van der Waals surface area contributed by atoms with Crippen molar-refractivity contribution >= 4 is 29.1 Å². The number of nitrogens with two attached hydrogens (primary N) is 1. The summed E-state index contributed by atoms with van der Waals surface area (Å²) in [5.41, 5.74) is 7.81. The zero-order chi connectivity index (χ0) is 27.6. The Morgan fingerprint density at radius 3 is 2.53 bits per heavy atom. The Kier molecular flexibility index (Phi) is 7.75. The van der Waals surface area contributed by atoms with E-state index in [4.69, 9.17) is 5.73 Å². The lowest BCUT2D eigenvalue weighted by molar-refractivity contribution is -0.146. The number of primary amides is 1. The number of amides is 3. The Balaban J connectivity index is 1.69. The van der Waals surface area contributed by atoms with Gasteiger partial charge in [-0.15, -0.1) is 0 Å². The number of phenols is 1. The number of aromatic hydroxyl groups is 1. The second-order valence-corrected chi connectivity index (χ2v) is 9.90. The molecule has 1 aliphatic heterocycles. The predicted octanol–water partition coefficient (Wildman–Crippen LogP) is 3.79. The minimum atomic E-state index is -4.55. The number of alkyl halides is 3. The molecule has 1 fully saturated rings. The molecule has 3 unspecified atom stereocenters. The highest BCUT2D eigenvalue weighted by Crippen LogP contribution is 2.39. The first kappa shape index (κ1) is 27.2. The molecule has 1 saturated carbocycles. The number of nitrogens with zero attached hydrogens (tertiary/aromatic N) is 1. The number of nitrogens with one attached hydrogen (secondary N) is 2. The molecule has 1 heterocycles. The number of aliphatic imine (C=N–C) groups is 1. The molecule has 3 amide bonds. The van der Waals surface area contributed by atoms with Gasteiger partial charge in [0, 0.05) is 29.4 Å². The van der Waals surface area contributed by atoms with Crippen molar-refractivity contribution in [3.8, 4) is 5.75 Å². The van der Waals surface area contributed by atoms with E-state index in [0.717, 1.165) is 18.4 Å². The molecule has 0 bridgehead atoms. The van der Waals surface area contributed by atoms with Crippen LogP contribution < -0.4 is 16.4 Å². The van der Waals surface area contributed by atoms with E-state index >= 15 is 0 Å². The maximum Gasteiger partial charge on any atom is 0.389 e. The van der Waals surface area contributed by atoms with Gasteiger partial charge in [-0.2, -0.15) is 13.2 Å². The summed E-state index contributed by atoms with van der Waals surface area (Å²) in [6.07, 6.45) is -6.18. The molecule has 11 heteroatoms.